The second-order valence-electron chi connectivity index (χ2n) is 5.92. The van der Waals surface area contributed by atoms with Crippen molar-refractivity contribution in [3.05, 3.63) is 0 Å². The highest BCUT2D eigenvalue weighted by molar-refractivity contribution is 4.75. The lowest BCUT2D eigenvalue weighted by Crippen LogP contribution is -2.40. The van der Waals surface area contributed by atoms with Gasteiger partial charge in [-0.2, -0.15) is 0 Å². The molecule has 1 rings (SSSR count). The molecule has 1 saturated heterocycles. The molecule has 0 bridgehead atoms. The minimum Gasteiger partial charge on any atom is -0.317 e. The van der Waals surface area contributed by atoms with Crippen LogP contribution >= 0.6 is 0 Å². The van der Waals surface area contributed by atoms with Gasteiger partial charge >= 0.3 is 0 Å². The van der Waals surface area contributed by atoms with Crippen molar-refractivity contribution >= 4 is 0 Å². The van der Waals surface area contributed by atoms with E-state index in [1.54, 1.807) is 0 Å². The van der Waals surface area contributed by atoms with E-state index in [0.29, 0.717) is 0 Å². The highest BCUT2D eigenvalue weighted by Crippen LogP contribution is 2.18. The van der Waals surface area contributed by atoms with Crippen molar-refractivity contribution < 1.29 is 0 Å². The van der Waals surface area contributed by atoms with Gasteiger partial charge in [-0.3, -0.25) is 0 Å². The molecule has 0 spiro atoms. The first-order valence-electron chi connectivity index (χ1n) is 7.19. The molecule has 3 heteroatoms. The molecule has 17 heavy (non-hydrogen) atoms. The Balaban J connectivity index is 2.14. The summed E-state index contributed by atoms with van der Waals surface area (Å²) in [6, 6.07) is 0. The van der Waals surface area contributed by atoms with E-state index in [1.165, 1.54) is 39.0 Å². The first kappa shape index (κ1) is 14.9. The summed E-state index contributed by atoms with van der Waals surface area (Å²) in [6.07, 6.45) is 2.76. The van der Waals surface area contributed by atoms with Crippen molar-refractivity contribution in [3.63, 3.8) is 0 Å². The zero-order chi connectivity index (χ0) is 12.7. The summed E-state index contributed by atoms with van der Waals surface area (Å²) < 4.78 is 0. The maximum atomic E-state index is 3.44. The molecule has 1 atom stereocenters. The second kappa shape index (κ2) is 8.06. The Hall–Kier alpha value is -0.120. The number of nitrogens with zero attached hydrogens (tertiary/aromatic N) is 2. The van der Waals surface area contributed by atoms with E-state index in [-0.39, 0.29) is 0 Å². The molecular weight excluding hydrogens is 210 g/mol. The number of hydrogen-bond donors (Lipinski definition) is 1. The van der Waals surface area contributed by atoms with Crippen molar-refractivity contribution in [1.29, 1.82) is 0 Å². The van der Waals surface area contributed by atoms with Gasteiger partial charge in [-0.15, -0.1) is 0 Å². The largest absolute Gasteiger partial charge is 0.317 e. The predicted octanol–water partition coefficient (Wildman–Crippen LogP) is 1.51. The standard InChI is InChI=1S/C14H31N3/c1-5-15-10-13(2)11-17-8-6-14(7-9-17)12-16(3)4/h13-15H,5-12H2,1-4H3. The summed E-state index contributed by atoms with van der Waals surface area (Å²) >= 11 is 0. The lowest BCUT2D eigenvalue weighted by Gasteiger charge is -2.34. The molecule has 0 amide bonds. The maximum Gasteiger partial charge on any atom is 0.00191 e. The van der Waals surface area contributed by atoms with Crippen LogP contribution in [0.1, 0.15) is 26.7 Å². The van der Waals surface area contributed by atoms with Gasteiger partial charge < -0.3 is 15.1 Å². The summed E-state index contributed by atoms with van der Waals surface area (Å²) in [5, 5.41) is 3.44. The smallest absolute Gasteiger partial charge is 0.00191 e. The number of nitrogens with one attached hydrogen (secondary N) is 1. The maximum absolute atomic E-state index is 3.44. The second-order valence-corrected chi connectivity index (χ2v) is 5.92. The molecule has 102 valence electrons. The van der Waals surface area contributed by atoms with Crippen molar-refractivity contribution in [3.8, 4) is 0 Å². The van der Waals surface area contributed by atoms with E-state index >= 15 is 0 Å². The highest BCUT2D eigenvalue weighted by Gasteiger charge is 2.20. The lowest BCUT2D eigenvalue weighted by molar-refractivity contribution is 0.146. The highest BCUT2D eigenvalue weighted by atomic mass is 15.1. The molecule has 1 aliphatic rings. The Morgan fingerprint density at radius 3 is 2.47 bits per heavy atom. The predicted molar refractivity (Wildman–Crippen MR) is 75.4 cm³/mol. The molecule has 0 aromatic carbocycles. The SMILES string of the molecule is CCNCC(C)CN1CCC(CN(C)C)CC1. The summed E-state index contributed by atoms with van der Waals surface area (Å²) in [4.78, 5) is 4.97. The summed E-state index contributed by atoms with van der Waals surface area (Å²) in [6.45, 7) is 11.9. The Kier molecular flexibility index (Phi) is 7.09. The molecule has 1 aliphatic heterocycles. The number of likely N-dealkylation sites (tertiary alicyclic amines) is 1. The van der Waals surface area contributed by atoms with Gasteiger partial charge in [-0.05, 0) is 65.0 Å². The average Bonchev–Trinajstić information content (AvgIpc) is 2.28. The number of rotatable bonds is 7. The Labute approximate surface area is 108 Å². The van der Waals surface area contributed by atoms with Gasteiger partial charge in [0.05, 0.1) is 0 Å². The van der Waals surface area contributed by atoms with Crippen LogP contribution in [0.15, 0.2) is 0 Å². The third-order valence-electron chi connectivity index (χ3n) is 3.64. The summed E-state index contributed by atoms with van der Waals surface area (Å²) in [5.74, 6) is 1.70. The number of hydrogen-bond acceptors (Lipinski definition) is 3. The first-order valence-corrected chi connectivity index (χ1v) is 7.19. The third-order valence-corrected chi connectivity index (χ3v) is 3.64. The van der Waals surface area contributed by atoms with Crippen molar-refractivity contribution in [2.75, 3.05) is 53.4 Å². The minimum atomic E-state index is 0.778. The minimum absolute atomic E-state index is 0.778. The molecule has 1 N–H and O–H groups in total. The van der Waals surface area contributed by atoms with E-state index in [2.05, 4.69) is 43.1 Å². The molecule has 1 heterocycles. The quantitative estimate of drug-likeness (QED) is 0.729. The summed E-state index contributed by atoms with van der Waals surface area (Å²) in [7, 11) is 4.37. The van der Waals surface area contributed by atoms with Gasteiger partial charge in [0.2, 0.25) is 0 Å². The van der Waals surface area contributed by atoms with E-state index < -0.39 is 0 Å². The van der Waals surface area contributed by atoms with Gasteiger partial charge in [-0.1, -0.05) is 13.8 Å². The molecule has 0 radical (unpaired) electrons. The zero-order valence-electron chi connectivity index (χ0n) is 12.2. The van der Waals surface area contributed by atoms with Crippen LogP contribution in [0, 0.1) is 11.8 Å². The van der Waals surface area contributed by atoms with Crippen molar-refractivity contribution in [1.82, 2.24) is 15.1 Å². The first-order chi connectivity index (χ1) is 8.11. The zero-order valence-corrected chi connectivity index (χ0v) is 12.2. The van der Waals surface area contributed by atoms with E-state index in [4.69, 9.17) is 0 Å². The Morgan fingerprint density at radius 2 is 1.94 bits per heavy atom. The van der Waals surface area contributed by atoms with Crippen LogP contribution in [0.25, 0.3) is 0 Å². The van der Waals surface area contributed by atoms with E-state index in [9.17, 15) is 0 Å². The molecule has 1 fully saturated rings. The fraction of sp³-hybridized carbons (Fsp3) is 1.00. The van der Waals surface area contributed by atoms with Gasteiger partial charge in [0.25, 0.3) is 0 Å². The molecule has 0 aromatic heterocycles. The van der Waals surface area contributed by atoms with Crippen molar-refractivity contribution in [2.45, 2.75) is 26.7 Å². The Bertz CT molecular complexity index is 186. The Morgan fingerprint density at radius 1 is 1.29 bits per heavy atom. The van der Waals surface area contributed by atoms with Crippen LogP contribution in [0.5, 0.6) is 0 Å². The van der Waals surface area contributed by atoms with Crippen LogP contribution in [0.4, 0.5) is 0 Å². The molecule has 0 aliphatic carbocycles. The van der Waals surface area contributed by atoms with Gasteiger partial charge in [0, 0.05) is 13.1 Å². The fourth-order valence-electron chi connectivity index (χ4n) is 2.76. The molecule has 0 aromatic rings. The third kappa shape index (κ3) is 6.39. The van der Waals surface area contributed by atoms with E-state index in [1.807, 2.05) is 0 Å². The monoisotopic (exact) mass is 241 g/mol. The molecule has 1 unspecified atom stereocenters. The normalized spacial score (nSPS) is 21.0. The molecular formula is C14H31N3. The average molecular weight is 241 g/mol. The van der Waals surface area contributed by atoms with Crippen LogP contribution in [0.3, 0.4) is 0 Å². The van der Waals surface area contributed by atoms with Crippen LogP contribution in [-0.2, 0) is 0 Å². The van der Waals surface area contributed by atoms with Crippen LogP contribution in [-0.4, -0.2) is 63.2 Å². The van der Waals surface area contributed by atoms with Gasteiger partial charge in [0.1, 0.15) is 0 Å². The van der Waals surface area contributed by atoms with Gasteiger partial charge in [0.15, 0.2) is 0 Å². The van der Waals surface area contributed by atoms with Crippen molar-refractivity contribution in [2.24, 2.45) is 11.8 Å². The number of piperidine rings is 1. The van der Waals surface area contributed by atoms with Crippen LogP contribution < -0.4 is 5.32 Å². The van der Waals surface area contributed by atoms with Crippen LogP contribution in [0.2, 0.25) is 0 Å². The van der Waals surface area contributed by atoms with Gasteiger partial charge in [-0.25, -0.2) is 0 Å². The lowest BCUT2D eigenvalue weighted by atomic mass is 9.95. The van der Waals surface area contributed by atoms with E-state index in [0.717, 1.165) is 24.9 Å². The molecule has 0 saturated carbocycles. The topological polar surface area (TPSA) is 18.5 Å². The summed E-state index contributed by atoms with van der Waals surface area (Å²) in [5.41, 5.74) is 0. The molecule has 3 nitrogen and oxygen atoms in total. The fourth-order valence-corrected chi connectivity index (χ4v) is 2.76.